The predicted molar refractivity (Wildman–Crippen MR) is 141 cm³/mol. The molecule has 2 aliphatic rings. The first-order valence-electron chi connectivity index (χ1n) is 12.2. The zero-order valence-electron chi connectivity index (χ0n) is 20.6. The largest absolute Gasteiger partial charge is 0.456 e. The number of fused-ring (bicyclic) bond motifs is 2. The van der Waals surface area contributed by atoms with E-state index in [0.29, 0.717) is 6.54 Å². The Kier molecular flexibility index (Phi) is 6.85. The number of nitrogens with zero attached hydrogens (tertiary/aromatic N) is 2. The van der Waals surface area contributed by atoms with Gasteiger partial charge in [-0.3, -0.25) is 0 Å². The molecule has 0 unspecified atom stereocenters. The SMILES string of the molecule is CCN(CC)c1ccc2c(-c3ccc(CN)cc3C)c3ccc(=[N+](CC)CC)cc-3oc2c1. The summed E-state index contributed by atoms with van der Waals surface area (Å²) < 4.78 is 8.93. The van der Waals surface area contributed by atoms with Crippen molar-refractivity contribution < 1.29 is 4.42 Å². The Morgan fingerprint density at radius 2 is 1.58 bits per heavy atom. The Labute approximate surface area is 197 Å². The van der Waals surface area contributed by atoms with Gasteiger partial charge < -0.3 is 15.1 Å². The molecule has 4 rings (SSSR count). The third-order valence-electron chi connectivity index (χ3n) is 6.74. The molecule has 0 amide bonds. The van der Waals surface area contributed by atoms with Gasteiger partial charge in [-0.1, -0.05) is 18.2 Å². The van der Waals surface area contributed by atoms with Crippen molar-refractivity contribution >= 4 is 16.7 Å². The maximum atomic E-state index is 6.58. The molecule has 0 saturated heterocycles. The van der Waals surface area contributed by atoms with Crippen LogP contribution in [0, 0.1) is 6.92 Å². The number of hydrogen-bond donors (Lipinski definition) is 1. The Bertz CT molecular complexity index is 1310. The molecule has 1 aliphatic heterocycles. The van der Waals surface area contributed by atoms with Gasteiger partial charge in [-0.05, 0) is 69.5 Å². The summed E-state index contributed by atoms with van der Waals surface area (Å²) in [6.07, 6.45) is 0. The van der Waals surface area contributed by atoms with Gasteiger partial charge in [0.25, 0.3) is 0 Å². The van der Waals surface area contributed by atoms with Crippen molar-refractivity contribution in [3.63, 3.8) is 0 Å². The fourth-order valence-electron chi connectivity index (χ4n) is 4.86. The molecule has 0 aromatic heterocycles. The maximum absolute atomic E-state index is 6.58. The molecule has 1 aliphatic carbocycles. The molecule has 0 saturated carbocycles. The minimum atomic E-state index is 0.549. The third-order valence-corrected chi connectivity index (χ3v) is 6.74. The van der Waals surface area contributed by atoms with Gasteiger partial charge in [0.05, 0.1) is 6.07 Å². The first kappa shape index (κ1) is 23.1. The quantitative estimate of drug-likeness (QED) is 0.298. The van der Waals surface area contributed by atoms with Crippen LogP contribution in [0.2, 0.25) is 0 Å². The van der Waals surface area contributed by atoms with Crippen molar-refractivity contribution in [1.82, 2.24) is 4.58 Å². The van der Waals surface area contributed by atoms with E-state index < -0.39 is 0 Å². The summed E-state index contributed by atoms with van der Waals surface area (Å²) >= 11 is 0. The van der Waals surface area contributed by atoms with E-state index in [9.17, 15) is 0 Å². The summed E-state index contributed by atoms with van der Waals surface area (Å²) in [5.74, 6) is 0.917. The van der Waals surface area contributed by atoms with Crippen LogP contribution >= 0.6 is 0 Å². The second-order valence-electron chi connectivity index (χ2n) is 8.54. The molecular formula is C29H36N3O+. The maximum Gasteiger partial charge on any atom is 0.203 e. The second-order valence-corrected chi connectivity index (χ2v) is 8.54. The van der Waals surface area contributed by atoms with Crippen molar-refractivity contribution in [3.8, 4) is 22.5 Å². The summed E-state index contributed by atoms with van der Waals surface area (Å²) in [7, 11) is 0. The highest BCUT2D eigenvalue weighted by Crippen LogP contribution is 2.42. The number of nitrogens with two attached hydrogens (primary N) is 1. The Morgan fingerprint density at radius 3 is 2.21 bits per heavy atom. The zero-order chi connectivity index (χ0) is 23.5. The van der Waals surface area contributed by atoms with E-state index in [4.69, 9.17) is 10.2 Å². The molecule has 2 N–H and O–H groups in total. The highest BCUT2D eigenvalue weighted by molar-refractivity contribution is 6.03. The van der Waals surface area contributed by atoms with Crippen LogP contribution in [-0.4, -0.2) is 26.2 Å². The summed E-state index contributed by atoms with van der Waals surface area (Å²) in [4.78, 5) is 2.35. The van der Waals surface area contributed by atoms with Crippen LogP contribution in [0.3, 0.4) is 0 Å². The highest BCUT2D eigenvalue weighted by Gasteiger charge is 2.20. The van der Waals surface area contributed by atoms with Crippen LogP contribution in [0.25, 0.3) is 33.4 Å². The summed E-state index contributed by atoms with van der Waals surface area (Å²) in [5.41, 5.74) is 14.0. The lowest BCUT2D eigenvalue weighted by molar-refractivity contribution is 0.604. The van der Waals surface area contributed by atoms with Crippen LogP contribution in [0.15, 0.2) is 59.0 Å². The van der Waals surface area contributed by atoms with E-state index in [1.165, 1.54) is 27.7 Å². The van der Waals surface area contributed by atoms with Crippen molar-refractivity contribution in [2.75, 3.05) is 31.1 Å². The molecule has 0 radical (unpaired) electrons. The van der Waals surface area contributed by atoms with Crippen molar-refractivity contribution in [1.29, 1.82) is 0 Å². The minimum absolute atomic E-state index is 0.549. The molecule has 0 spiro atoms. The van der Waals surface area contributed by atoms with Gasteiger partial charge in [0.15, 0.2) is 0 Å². The smallest absolute Gasteiger partial charge is 0.203 e. The highest BCUT2D eigenvalue weighted by atomic mass is 16.3. The lowest BCUT2D eigenvalue weighted by atomic mass is 9.90. The van der Waals surface area contributed by atoms with Gasteiger partial charge in [0.1, 0.15) is 24.4 Å². The lowest BCUT2D eigenvalue weighted by Crippen LogP contribution is -2.29. The number of benzene rings is 3. The third kappa shape index (κ3) is 4.28. The van der Waals surface area contributed by atoms with Crippen LogP contribution < -0.4 is 20.6 Å². The van der Waals surface area contributed by atoms with Gasteiger partial charge in [-0.25, -0.2) is 4.58 Å². The normalized spacial score (nSPS) is 11.3. The molecule has 1 heterocycles. The lowest BCUT2D eigenvalue weighted by Gasteiger charge is -2.22. The Balaban J connectivity index is 2.09. The second kappa shape index (κ2) is 9.80. The van der Waals surface area contributed by atoms with Crippen LogP contribution in [-0.2, 0) is 6.54 Å². The molecule has 0 bridgehead atoms. The van der Waals surface area contributed by atoms with E-state index in [1.807, 2.05) is 0 Å². The average Bonchev–Trinajstić information content (AvgIpc) is 2.84. The van der Waals surface area contributed by atoms with Crippen LogP contribution in [0.1, 0.15) is 38.8 Å². The molecule has 172 valence electrons. The number of anilines is 1. The van der Waals surface area contributed by atoms with Gasteiger partial charge in [-0.15, -0.1) is 0 Å². The summed E-state index contributed by atoms with van der Waals surface area (Å²) in [6.45, 7) is 15.3. The van der Waals surface area contributed by atoms with Crippen molar-refractivity contribution in [2.45, 2.75) is 41.2 Å². The standard InChI is InChI=1S/C29H36N3O/c1-6-31(7-2)22-11-14-25-27(17-22)33-28-18-23(32(8-3)9-4)12-15-26(28)29(25)24-13-10-21(19-30)16-20(24)5/h10-18H,6-9,19,30H2,1-5H3/q+1. The predicted octanol–water partition coefficient (Wildman–Crippen LogP) is 5.63. The van der Waals surface area contributed by atoms with E-state index >= 15 is 0 Å². The Morgan fingerprint density at radius 1 is 0.848 bits per heavy atom. The molecule has 4 heteroatoms. The zero-order valence-corrected chi connectivity index (χ0v) is 20.6. The minimum Gasteiger partial charge on any atom is -0.456 e. The molecule has 2 aromatic carbocycles. The van der Waals surface area contributed by atoms with Crippen LogP contribution in [0.5, 0.6) is 0 Å². The first-order chi connectivity index (χ1) is 16.0. The monoisotopic (exact) mass is 442 g/mol. The fraction of sp³-hybridized carbons (Fsp3) is 0.345. The first-order valence-corrected chi connectivity index (χ1v) is 12.2. The van der Waals surface area contributed by atoms with E-state index in [1.54, 1.807) is 0 Å². The number of aryl methyl sites for hydroxylation is 1. The topological polar surface area (TPSA) is 45.4 Å². The molecular weight excluding hydrogens is 406 g/mol. The van der Waals surface area contributed by atoms with E-state index in [2.05, 4.69) is 98.7 Å². The van der Waals surface area contributed by atoms with E-state index in [0.717, 1.165) is 54.0 Å². The molecule has 4 nitrogen and oxygen atoms in total. The molecule has 0 fully saturated rings. The molecule has 33 heavy (non-hydrogen) atoms. The van der Waals surface area contributed by atoms with Crippen LogP contribution in [0.4, 0.5) is 5.69 Å². The van der Waals surface area contributed by atoms with Crippen molar-refractivity contribution in [2.24, 2.45) is 5.73 Å². The molecule has 2 aromatic rings. The van der Waals surface area contributed by atoms with Gasteiger partial charge >= 0.3 is 0 Å². The van der Waals surface area contributed by atoms with Gasteiger partial charge in [0.2, 0.25) is 5.36 Å². The fourth-order valence-corrected chi connectivity index (χ4v) is 4.86. The Hall–Kier alpha value is -3.11. The summed E-state index contributed by atoms with van der Waals surface area (Å²) in [5, 5.41) is 2.33. The van der Waals surface area contributed by atoms with Crippen molar-refractivity contribution in [3.05, 3.63) is 71.1 Å². The number of hydrogen-bond acceptors (Lipinski definition) is 3. The van der Waals surface area contributed by atoms with E-state index in [-0.39, 0.29) is 0 Å². The summed E-state index contributed by atoms with van der Waals surface area (Å²) in [6, 6.07) is 19.8. The van der Waals surface area contributed by atoms with Gasteiger partial charge in [-0.2, -0.15) is 0 Å². The average molecular weight is 443 g/mol. The number of rotatable bonds is 7. The van der Waals surface area contributed by atoms with Gasteiger partial charge in [0, 0.05) is 54.0 Å². The molecule has 0 atom stereocenters.